The molecule has 3 N–H and O–H groups in total. The van der Waals surface area contributed by atoms with Gasteiger partial charge in [0.25, 0.3) is 0 Å². The van der Waals surface area contributed by atoms with Crippen LogP contribution in [0.25, 0.3) is 11.1 Å². The first kappa shape index (κ1) is 22.4. The molecular formula is C27H30N2O5. The number of rotatable bonds is 8. The van der Waals surface area contributed by atoms with Gasteiger partial charge in [0.15, 0.2) is 0 Å². The van der Waals surface area contributed by atoms with Crippen LogP contribution in [0.1, 0.15) is 49.1 Å². The Hall–Kier alpha value is -3.35. The van der Waals surface area contributed by atoms with Crippen molar-refractivity contribution in [2.45, 2.75) is 44.1 Å². The summed E-state index contributed by atoms with van der Waals surface area (Å²) in [6.45, 7) is 0.520. The molecule has 2 fully saturated rings. The number of amides is 2. The molecule has 2 saturated carbocycles. The first-order chi connectivity index (χ1) is 16.5. The number of nitrogens with one attached hydrogen (secondary N) is 2. The lowest BCUT2D eigenvalue weighted by Gasteiger charge is -2.21. The molecule has 0 heterocycles. The molecular weight excluding hydrogens is 432 g/mol. The largest absolute Gasteiger partial charge is 0.481 e. The van der Waals surface area contributed by atoms with E-state index in [1.807, 2.05) is 24.3 Å². The molecule has 2 amide bonds. The van der Waals surface area contributed by atoms with Crippen LogP contribution in [-0.4, -0.2) is 42.3 Å². The van der Waals surface area contributed by atoms with Gasteiger partial charge in [0.1, 0.15) is 12.6 Å². The van der Waals surface area contributed by atoms with Crippen LogP contribution in [0.4, 0.5) is 4.79 Å². The zero-order valence-corrected chi connectivity index (χ0v) is 19.0. The molecule has 7 heteroatoms. The fraction of sp³-hybridized carbons (Fsp3) is 0.444. The predicted octanol–water partition coefficient (Wildman–Crippen LogP) is 3.92. The van der Waals surface area contributed by atoms with Crippen molar-refractivity contribution >= 4 is 18.0 Å². The number of carbonyl (C=O) groups is 3. The van der Waals surface area contributed by atoms with Crippen LogP contribution >= 0.6 is 0 Å². The Morgan fingerprint density at radius 1 is 0.941 bits per heavy atom. The zero-order valence-electron chi connectivity index (χ0n) is 19.0. The quantitative estimate of drug-likeness (QED) is 0.552. The van der Waals surface area contributed by atoms with Gasteiger partial charge in [-0.3, -0.25) is 9.59 Å². The normalized spacial score (nSPS) is 21.9. The molecule has 0 saturated heterocycles. The van der Waals surface area contributed by atoms with E-state index >= 15 is 0 Å². The number of carboxylic acids is 1. The fourth-order valence-corrected chi connectivity index (χ4v) is 5.54. The van der Waals surface area contributed by atoms with Crippen LogP contribution in [0, 0.1) is 17.8 Å². The SMILES string of the molecule is O=C(NC(C(=O)NCC1CCCC1C(=O)O)C1CC1)OCC1c2ccccc2-c2ccccc21. The summed E-state index contributed by atoms with van der Waals surface area (Å²) in [5, 5.41) is 15.0. The highest BCUT2D eigenvalue weighted by Crippen LogP contribution is 2.44. The number of alkyl carbamates (subject to hydrolysis) is 1. The van der Waals surface area contributed by atoms with Gasteiger partial charge in [-0.05, 0) is 59.8 Å². The molecule has 0 bridgehead atoms. The van der Waals surface area contributed by atoms with Crippen LogP contribution in [0.2, 0.25) is 0 Å². The van der Waals surface area contributed by atoms with E-state index in [1.54, 1.807) is 0 Å². The first-order valence-electron chi connectivity index (χ1n) is 12.1. The van der Waals surface area contributed by atoms with Crippen LogP contribution in [0.5, 0.6) is 0 Å². The van der Waals surface area contributed by atoms with Crippen molar-refractivity contribution in [3.8, 4) is 11.1 Å². The first-order valence-corrected chi connectivity index (χ1v) is 12.1. The number of aliphatic carboxylic acids is 1. The monoisotopic (exact) mass is 462 g/mol. The van der Waals surface area contributed by atoms with E-state index in [0.29, 0.717) is 13.0 Å². The average Bonchev–Trinajstić information content (AvgIpc) is 3.48. The van der Waals surface area contributed by atoms with Crippen molar-refractivity contribution < 1.29 is 24.2 Å². The Labute approximate surface area is 198 Å². The molecule has 178 valence electrons. The van der Waals surface area contributed by atoms with E-state index in [2.05, 4.69) is 34.9 Å². The molecule has 2 aromatic rings. The highest BCUT2D eigenvalue weighted by atomic mass is 16.5. The third-order valence-corrected chi connectivity index (χ3v) is 7.51. The number of hydrogen-bond donors (Lipinski definition) is 3. The smallest absolute Gasteiger partial charge is 0.407 e. The van der Waals surface area contributed by atoms with Crippen molar-refractivity contribution in [2.75, 3.05) is 13.2 Å². The minimum absolute atomic E-state index is 0.0401. The fourth-order valence-electron chi connectivity index (χ4n) is 5.54. The lowest BCUT2D eigenvalue weighted by molar-refractivity contribution is -0.143. The lowest BCUT2D eigenvalue weighted by Crippen LogP contribution is -2.49. The van der Waals surface area contributed by atoms with Crippen LogP contribution in [-0.2, 0) is 14.3 Å². The summed E-state index contributed by atoms with van der Waals surface area (Å²) in [6.07, 6.45) is 3.47. The van der Waals surface area contributed by atoms with Gasteiger partial charge >= 0.3 is 12.1 Å². The Balaban J connectivity index is 1.18. The molecule has 2 aromatic carbocycles. The second-order valence-corrected chi connectivity index (χ2v) is 9.67. The van der Waals surface area contributed by atoms with E-state index in [1.165, 1.54) is 0 Å². The van der Waals surface area contributed by atoms with E-state index in [4.69, 9.17) is 4.74 Å². The number of fused-ring (bicyclic) bond motifs is 3. The molecule has 3 atom stereocenters. The Bertz CT molecular complexity index is 1050. The number of hydrogen-bond acceptors (Lipinski definition) is 4. The molecule has 5 rings (SSSR count). The summed E-state index contributed by atoms with van der Waals surface area (Å²) in [7, 11) is 0. The standard InChI is InChI=1S/C27H30N2O5/c30-25(28-14-17-6-5-11-18(17)26(31)32)24(16-12-13-16)29-27(33)34-15-23-21-9-3-1-7-19(21)20-8-2-4-10-22(20)23/h1-4,7-10,16-18,23-24H,5-6,11-15H2,(H,28,30)(H,29,33)(H,31,32). The van der Waals surface area contributed by atoms with Gasteiger partial charge in [0, 0.05) is 12.5 Å². The maximum absolute atomic E-state index is 12.9. The molecule has 7 nitrogen and oxygen atoms in total. The van der Waals surface area contributed by atoms with Crippen molar-refractivity contribution in [2.24, 2.45) is 17.8 Å². The maximum atomic E-state index is 12.9. The summed E-state index contributed by atoms with van der Waals surface area (Å²) in [6, 6.07) is 15.6. The molecule has 0 spiro atoms. The van der Waals surface area contributed by atoms with Crippen LogP contribution in [0.15, 0.2) is 48.5 Å². The van der Waals surface area contributed by atoms with Gasteiger partial charge in [-0.2, -0.15) is 0 Å². The Morgan fingerprint density at radius 3 is 2.21 bits per heavy atom. The number of ether oxygens (including phenoxy) is 1. The van der Waals surface area contributed by atoms with E-state index in [9.17, 15) is 19.5 Å². The Kier molecular flexibility index (Phi) is 6.26. The van der Waals surface area contributed by atoms with Gasteiger partial charge in [0.2, 0.25) is 5.91 Å². The van der Waals surface area contributed by atoms with Crippen molar-refractivity contribution in [1.29, 1.82) is 0 Å². The van der Waals surface area contributed by atoms with Crippen LogP contribution in [0.3, 0.4) is 0 Å². The third-order valence-electron chi connectivity index (χ3n) is 7.51. The molecule has 34 heavy (non-hydrogen) atoms. The van der Waals surface area contributed by atoms with Gasteiger partial charge in [-0.25, -0.2) is 4.79 Å². The maximum Gasteiger partial charge on any atom is 0.407 e. The summed E-state index contributed by atoms with van der Waals surface area (Å²) in [4.78, 5) is 36.9. The molecule has 3 unspecified atom stereocenters. The third kappa shape index (κ3) is 4.52. The molecule has 0 aromatic heterocycles. The summed E-state index contributed by atoms with van der Waals surface area (Å²) >= 11 is 0. The zero-order chi connectivity index (χ0) is 23.7. The van der Waals surface area contributed by atoms with E-state index in [-0.39, 0.29) is 30.3 Å². The number of carbonyl (C=O) groups excluding carboxylic acids is 2. The predicted molar refractivity (Wildman–Crippen MR) is 126 cm³/mol. The molecule has 3 aliphatic rings. The second-order valence-electron chi connectivity index (χ2n) is 9.67. The molecule has 0 radical (unpaired) electrons. The second kappa shape index (κ2) is 9.49. The number of carboxylic acid groups (broad SMARTS) is 1. The molecule has 3 aliphatic carbocycles. The van der Waals surface area contributed by atoms with Gasteiger partial charge in [0.05, 0.1) is 5.92 Å². The van der Waals surface area contributed by atoms with Crippen LogP contribution < -0.4 is 10.6 Å². The minimum Gasteiger partial charge on any atom is -0.481 e. The lowest BCUT2D eigenvalue weighted by atomic mass is 9.96. The van der Waals surface area contributed by atoms with Crippen molar-refractivity contribution in [3.05, 3.63) is 59.7 Å². The van der Waals surface area contributed by atoms with Gasteiger partial charge in [-0.1, -0.05) is 55.0 Å². The van der Waals surface area contributed by atoms with Crippen molar-refractivity contribution in [1.82, 2.24) is 10.6 Å². The minimum atomic E-state index is -0.799. The Morgan fingerprint density at radius 2 is 1.59 bits per heavy atom. The highest BCUT2D eigenvalue weighted by molar-refractivity contribution is 5.86. The summed E-state index contributed by atoms with van der Waals surface area (Å²) in [5.41, 5.74) is 4.60. The van der Waals surface area contributed by atoms with Gasteiger partial charge in [-0.15, -0.1) is 0 Å². The summed E-state index contributed by atoms with van der Waals surface area (Å²) in [5.74, 6) is -1.47. The highest BCUT2D eigenvalue weighted by Gasteiger charge is 2.39. The van der Waals surface area contributed by atoms with E-state index < -0.39 is 24.0 Å². The van der Waals surface area contributed by atoms with Crippen molar-refractivity contribution in [3.63, 3.8) is 0 Å². The topological polar surface area (TPSA) is 105 Å². The molecule has 0 aliphatic heterocycles. The number of benzene rings is 2. The van der Waals surface area contributed by atoms with E-state index in [0.717, 1.165) is 47.9 Å². The van der Waals surface area contributed by atoms with Gasteiger partial charge < -0.3 is 20.5 Å². The average molecular weight is 463 g/mol. The summed E-state index contributed by atoms with van der Waals surface area (Å²) < 4.78 is 5.62.